The number of halogens is 2. The molecule has 0 saturated carbocycles. The summed E-state index contributed by atoms with van der Waals surface area (Å²) in [4.78, 5) is 0. The molecule has 0 nitrogen and oxygen atoms in total. The molecule has 0 aromatic heterocycles. The van der Waals surface area contributed by atoms with Crippen LogP contribution in [0, 0.1) is 12.2 Å². The van der Waals surface area contributed by atoms with Gasteiger partial charge in [-0.1, -0.05) is 84.9 Å². The molecule has 2 aromatic carbocycles. The van der Waals surface area contributed by atoms with Gasteiger partial charge in [-0.25, -0.2) is 22.3 Å². The molecule has 1 radical (unpaired) electrons. The molecule has 30 heavy (non-hydrogen) atoms. The van der Waals surface area contributed by atoms with E-state index >= 15 is 0 Å². The number of allylic oxidation sites excluding steroid dienone is 8. The van der Waals surface area contributed by atoms with Gasteiger partial charge in [0, 0.05) is 0 Å². The summed E-state index contributed by atoms with van der Waals surface area (Å²) < 4.78 is 0. The molecule has 2 aliphatic rings. The van der Waals surface area contributed by atoms with Crippen LogP contribution in [0.5, 0.6) is 0 Å². The second-order valence-electron chi connectivity index (χ2n) is 6.75. The Bertz CT molecular complexity index is 734. The Morgan fingerprint density at radius 2 is 0.933 bits per heavy atom. The normalized spacial score (nSPS) is 13.2. The Morgan fingerprint density at radius 1 is 0.600 bits per heavy atom. The number of benzene rings is 2. The summed E-state index contributed by atoms with van der Waals surface area (Å²) in [6, 6.07) is 21.3. The second-order valence-corrected chi connectivity index (χ2v) is 8.37. The van der Waals surface area contributed by atoms with Crippen LogP contribution in [-0.4, -0.2) is 9.52 Å². The van der Waals surface area contributed by atoms with Crippen LogP contribution < -0.4 is 10.4 Å². The zero-order chi connectivity index (χ0) is 19.5. The minimum absolute atomic E-state index is 0. The summed E-state index contributed by atoms with van der Waals surface area (Å²) in [5, 5.41) is 2.90. The van der Waals surface area contributed by atoms with Crippen LogP contribution in [-0.2, 0) is 26.2 Å². The van der Waals surface area contributed by atoms with E-state index in [1.54, 1.807) is 0 Å². The third-order valence-electron chi connectivity index (χ3n) is 4.67. The largest absolute Gasteiger partial charge is 2.00 e. The average molecular weight is 534 g/mol. The van der Waals surface area contributed by atoms with Crippen molar-refractivity contribution in [1.29, 1.82) is 0 Å². The third kappa shape index (κ3) is 12.1. The summed E-state index contributed by atoms with van der Waals surface area (Å²) in [6.45, 7) is 8.43. The first-order chi connectivity index (χ1) is 13.1. The van der Waals surface area contributed by atoms with Crippen molar-refractivity contribution in [3.8, 4) is 0 Å². The smallest absolute Gasteiger partial charge is 0.270 e. The van der Waals surface area contributed by atoms with Crippen LogP contribution in [0.15, 0.2) is 95.1 Å². The third-order valence-corrected chi connectivity index (χ3v) is 6.10. The molecule has 0 atom stereocenters. The van der Waals surface area contributed by atoms with E-state index in [0.29, 0.717) is 0 Å². The van der Waals surface area contributed by atoms with Crippen LogP contribution in [0.4, 0.5) is 0 Å². The number of hydrogen-bond acceptors (Lipinski definition) is 0. The van der Waals surface area contributed by atoms with Crippen LogP contribution >= 0.6 is 24.8 Å². The molecular formula is C26H31Cl2SiZr. The van der Waals surface area contributed by atoms with Crippen LogP contribution in [0.3, 0.4) is 0 Å². The SMILES string of the molecule is CC1=[C-]CC=C1C.CC1=[C-]CC=C1C.Cl.Cl.[Zr+2].c1ccc([SiH]c2ccccc2)cc1. The Labute approximate surface area is 217 Å². The van der Waals surface area contributed by atoms with E-state index in [0.717, 1.165) is 12.8 Å². The van der Waals surface area contributed by atoms with E-state index in [9.17, 15) is 0 Å². The van der Waals surface area contributed by atoms with E-state index in [1.165, 1.54) is 32.7 Å². The van der Waals surface area contributed by atoms with Crippen molar-refractivity contribution in [2.24, 2.45) is 0 Å². The molecule has 4 heteroatoms. The van der Waals surface area contributed by atoms with E-state index < -0.39 is 0 Å². The van der Waals surface area contributed by atoms with Gasteiger partial charge in [-0.2, -0.15) is 12.2 Å². The van der Waals surface area contributed by atoms with E-state index in [2.05, 4.69) is 113 Å². The fourth-order valence-corrected chi connectivity index (χ4v) is 3.80. The zero-order valence-electron chi connectivity index (χ0n) is 18.2. The van der Waals surface area contributed by atoms with Gasteiger partial charge >= 0.3 is 26.2 Å². The Balaban J connectivity index is 0. The molecule has 0 heterocycles. The quantitative estimate of drug-likeness (QED) is 0.324. The summed E-state index contributed by atoms with van der Waals surface area (Å²) >= 11 is 0. The number of hydrogen-bond donors (Lipinski definition) is 0. The fourth-order valence-electron chi connectivity index (χ4n) is 2.59. The first-order valence-electron chi connectivity index (χ1n) is 9.50. The van der Waals surface area contributed by atoms with Crippen molar-refractivity contribution in [3.05, 3.63) is 107 Å². The maximum atomic E-state index is 3.19. The molecule has 0 bridgehead atoms. The molecular weight excluding hydrogens is 503 g/mol. The van der Waals surface area contributed by atoms with Gasteiger partial charge < -0.3 is 0 Å². The molecule has 2 aliphatic carbocycles. The molecule has 0 saturated heterocycles. The van der Waals surface area contributed by atoms with Crippen LogP contribution in [0.25, 0.3) is 0 Å². The van der Waals surface area contributed by atoms with Gasteiger partial charge in [0.25, 0.3) is 0 Å². The Morgan fingerprint density at radius 3 is 1.13 bits per heavy atom. The first-order valence-corrected chi connectivity index (χ1v) is 10.7. The maximum absolute atomic E-state index is 3.19. The van der Waals surface area contributed by atoms with E-state index in [4.69, 9.17) is 0 Å². The topological polar surface area (TPSA) is 0 Å². The summed E-state index contributed by atoms with van der Waals surface area (Å²) in [5.74, 6) is 0. The summed E-state index contributed by atoms with van der Waals surface area (Å²) in [6.07, 6.45) is 12.8. The standard InChI is InChI=1S/C12H11Si.2C7H9.2ClH.Zr/c1-3-7-11(8-4-1)13-12-9-5-2-6-10-12;2*1-6-4-3-5-7(6)2;;;/h1-10,13H;2*4H,3H2,1-2H3;2*1H;/q;2*-1;;;+2. The molecule has 0 amide bonds. The predicted molar refractivity (Wildman–Crippen MR) is 135 cm³/mol. The molecule has 157 valence electrons. The van der Waals surface area contributed by atoms with Gasteiger partial charge in [0.15, 0.2) is 0 Å². The monoisotopic (exact) mass is 531 g/mol. The molecule has 0 aliphatic heterocycles. The van der Waals surface area contributed by atoms with Crippen molar-refractivity contribution < 1.29 is 26.2 Å². The van der Waals surface area contributed by atoms with Crippen molar-refractivity contribution in [2.75, 3.05) is 0 Å². The summed E-state index contributed by atoms with van der Waals surface area (Å²) in [7, 11) is 0.271. The van der Waals surface area contributed by atoms with Gasteiger partial charge in [-0.15, -0.1) is 51.5 Å². The molecule has 4 rings (SSSR count). The van der Waals surface area contributed by atoms with Gasteiger partial charge in [0.2, 0.25) is 0 Å². The van der Waals surface area contributed by atoms with Gasteiger partial charge in [0.1, 0.15) is 9.52 Å². The molecule has 2 aromatic rings. The van der Waals surface area contributed by atoms with E-state index in [1.807, 2.05) is 0 Å². The maximum Gasteiger partial charge on any atom is 2.00 e. The number of rotatable bonds is 2. The first kappa shape index (κ1) is 31.3. The molecule has 0 unspecified atom stereocenters. The van der Waals surface area contributed by atoms with Gasteiger partial charge in [-0.3, -0.25) is 12.2 Å². The van der Waals surface area contributed by atoms with Crippen molar-refractivity contribution in [2.45, 2.75) is 40.5 Å². The minimum Gasteiger partial charge on any atom is -0.270 e. The van der Waals surface area contributed by atoms with Crippen molar-refractivity contribution in [1.82, 2.24) is 0 Å². The average Bonchev–Trinajstić information content (AvgIpc) is 3.25. The van der Waals surface area contributed by atoms with Crippen molar-refractivity contribution in [3.63, 3.8) is 0 Å². The Kier molecular flexibility index (Phi) is 18.5. The van der Waals surface area contributed by atoms with Crippen molar-refractivity contribution >= 4 is 44.7 Å². The Hall–Kier alpha value is -0.920. The van der Waals surface area contributed by atoms with E-state index in [-0.39, 0.29) is 60.5 Å². The van der Waals surface area contributed by atoms with Gasteiger partial charge in [0.05, 0.1) is 0 Å². The summed E-state index contributed by atoms with van der Waals surface area (Å²) in [5.41, 5.74) is 5.42. The minimum atomic E-state index is 0. The molecule has 0 N–H and O–H groups in total. The van der Waals surface area contributed by atoms with Crippen LogP contribution in [0.2, 0.25) is 0 Å². The molecule has 0 fully saturated rings. The van der Waals surface area contributed by atoms with Crippen LogP contribution in [0.1, 0.15) is 40.5 Å². The predicted octanol–water partition coefficient (Wildman–Crippen LogP) is 6.09. The zero-order valence-corrected chi connectivity index (χ0v) is 23.5. The second kappa shape index (κ2) is 17.7. The van der Waals surface area contributed by atoms with Gasteiger partial charge in [-0.05, 0) is 0 Å². The fraction of sp³-hybridized carbons (Fsp3) is 0.231. The molecule has 0 spiro atoms.